The van der Waals surface area contributed by atoms with Gasteiger partial charge in [-0.05, 0) is 6.42 Å². The molecule has 0 aromatic heterocycles. The van der Waals surface area contributed by atoms with E-state index in [1.165, 1.54) is 26.2 Å². The number of amides is 4. The van der Waals surface area contributed by atoms with Gasteiger partial charge in [-0.15, -0.1) is 0 Å². The number of carbonyl (C=O) groups is 2. The summed E-state index contributed by atoms with van der Waals surface area (Å²) in [7, 11) is 4.56. The summed E-state index contributed by atoms with van der Waals surface area (Å²) in [5.41, 5.74) is 0. The van der Waals surface area contributed by atoms with Gasteiger partial charge in [0.25, 0.3) is 0 Å². The third-order valence-corrected chi connectivity index (χ3v) is 3.80. The zero-order valence-electron chi connectivity index (χ0n) is 13.5. The number of methoxy groups -OCH3 is 3. The molecule has 0 bridgehead atoms. The summed E-state index contributed by atoms with van der Waals surface area (Å²) in [6, 6.07) is -0.359. The summed E-state index contributed by atoms with van der Waals surface area (Å²) in [4.78, 5) is 31.5. The molecule has 0 aliphatic carbocycles. The van der Waals surface area contributed by atoms with Gasteiger partial charge < -0.3 is 14.2 Å². The van der Waals surface area contributed by atoms with E-state index in [1.807, 2.05) is 6.92 Å². The Kier molecular flexibility index (Phi) is 5.43. The number of nitrogens with zero attached hydrogens (tertiary/aromatic N) is 4. The Hall–Kier alpha value is -1.58. The molecule has 0 N–H and O–H groups in total. The van der Waals surface area contributed by atoms with Gasteiger partial charge >= 0.3 is 12.1 Å². The van der Waals surface area contributed by atoms with E-state index in [-0.39, 0.29) is 32.3 Å². The van der Waals surface area contributed by atoms with Gasteiger partial charge in [-0.3, -0.25) is 19.6 Å². The number of carbonyl (C=O) groups excluding carboxylic acids is 2. The predicted molar refractivity (Wildman–Crippen MR) is 76.5 cm³/mol. The van der Waals surface area contributed by atoms with E-state index in [2.05, 4.69) is 0 Å². The molecule has 0 radical (unpaired) electrons. The van der Waals surface area contributed by atoms with E-state index in [0.717, 1.165) is 6.42 Å². The van der Waals surface area contributed by atoms with Crippen LogP contribution in [0.5, 0.6) is 0 Å². The van der Waals surface area contributed by atoms with Crippen molar-refractivity contribution >= 4 is 12.1 Å². The molecule has 2 aliphatic heterocycles. The second-order valence-electron chi connectivity index (χ2n) is 5.25. The molecule has 9 heteroatoms. The Bertz CT molecular complexity index is 351. The molecule has 2 unspecified atom stereocenters. The van der Waals surface area contributed by atoms with Crippen LogP contribution in [0.2, 0.25) is 0 Å². The molecule has 126 valence electrons. The molecule has 0 saturated carbocycles. The van der Waals surface area contributed by atoms with Crippen molar-refractivity contribution in [3.05, 3.63) is 0 Å². The van der Waals surface area contributed by atoms with Crippen LogP contribution in [-0.4, -0.2) is 92.1 Å². The zero-order chi connectivity index (χ0) is 16.3. The van der Waals surface area contributed by atoms with Crippen LogP contribution >= 0.6 is 0 Å². The van der Waals surface area contributed by atoms with E-state index < -0.39 is 12.3 Å². The second kappa shape index (κ2) is 7.12. The third-order valence-electron chi connectivity index (χ3n) is 3.80. The van der Waals surface area contributed by atoms with Gasteiger partial charge in [-0.1, -0.05) is 6.92 Å². The van der Waals surface area contributed by atoms with E-state index in [9.17, 15) is 9.59 Å². The predicted octanol–water partition coefficient (Wildman–Crippen LogP) is 0.336. The monoisotopic (exact) mass is 316 g/mol. The van der Waals surface area contributed by atoms with E-state index in [1.54, 1.807) is 14.7 Å². The first-order valence-corrected chi connectivity index (χ1v) is 7.23. The molecular formula is C13H24N4O5. The fraction of sp³-hybridized carbons (Fsp3) is 0.846. The fourth-order valence-corrected chi connectivity index (χ4v) is 3.04. The Morgan fingerprint density at radius 3 is 1.50 bits per heavy atom. The Balaban J connectivity index is 2.36. The number of rotatable bonds is 8. The largest absolute Gasteiger partial charge is 0.364 e. The number of hydrogen-bond acceptors (Lipinski definition) is 5. The molecule has 0 aromatic carbocycles. The van der Waals surface area contributed by atoms with Gasteiger partial charge in [0.15, 0.2) is 12.3 Å². The zero-order valence-corrected chi connectivity index (χ0v) is 13.5. The Labute approximate surface area is 130 Å². The topological polar surface area (TPSA) is 74.8 Å². The summed E-state index contributed by atoms with van der Waals surface area (Å²) in [5, 5.41) is 0. The third kappa shape index (κ3) is 2.59. The van der Waals surface area contributed by atoms with Crippen LogP contribution in [0.25, 0.3) is 0 Å². The average Bonchev–Trinajstić information content (AvgIpc) is 2.90. The minimum Gasteiger partial charge on any atom is -0.364 e. The van der Waals surface area contributed by atoms with Gasteiger partial charge in [0.05, 0.1) is 0 Å². The fourth-order valence-electron chi connectivity index (χ4n) is 3.04. The molecule has 0 aromatic rings. The first-order valence-electron chi connectivity index (χ1n) is 7.23. The summed E-state index contributed by atoms with van der Waals surface area (Å²) in [5.74, 6) is 0. The van der Waals surface area contributed by atoms with Crippen LogP contribution in [0, 0.1) is 0 Å². The molecule has 2 heterocycles. The SMILES string of the molecule is CCCN1C(=O)N(COC)C2C1N(COC)C(=O)N2COC. The molecule has 2 rings (SSSR count). The van der Waals surface area contributed by atoms with Crippen molar-refractivity contribution in [3.8, 4) is 0 Å². The lowest BCUT2D eigenvalue weighted by Gasteiger charge is -2.28. The van der Waals surface area contributed by atoms with E-state index in [4.69, 9.17) is 14.2 Å². The van der Waals surface area contributed by atoms with Crippen LogP contribution in [-0.2, 0) is 14.2 Å². The van der Waals surface area contributed by atoms with Crippen molar-refractivity contribution in [2.24, 2.45) is 0 Å². The van der Waals surface area contributed by atoms with E-state index in [0.29, 0.717) is 6.54 Å². The highest BCUT2D eigenvalue weighted by atomic mass is 16.5. The summed E-state index contributed by atoms with van der Waals surface area (Å²) < 4.78 is 15.4. The van der Waals surface area contributed by atoms with Gasteiger partial charge in [0, 0.05) is 27.9 Å². The van der Waals surface area contributed by atoms with Gasteiger partial charge in [0.2, 0.25) is 0 Å². The quantitative estimate of drug-likeness (QED) is 0.645. The van der Waals surface area contributed by atoms with Crippen molar-refractivity contribution in [3.63, 3.8) is 0 Å². The normalized spacial score (nSPS) is 24.7. The first-order chi connectivity index (χ1) is 10.6. The molecule has 4 amide bonds. The second-order valence-corrected chi connectivity index (χ2v) is 5.25. The minimum atomic E-state index is -0.443. The van der Waals surface area contributed by atoms with Crippen molar-refractivity contribution in [1.29, 1.82) is 0 Å². The molecule has 22 heavy (non-hydrogen) atoms. The van der Waals surface area contributed by atoms with Gasteiger partial charge in [-0.2, -0.15) is 0 Å². The molecule has 0 spiro atoms. The maximum absolute atomic E-state index is 12.6. The average molecular weight is 316 g/mol. The lowest BCUT2D eigenvalue weighted by Crippen LogP contribution is -2.48. The summed E-state index contributed by atoms with van der Waals surface area (Å²) in [6.07, 6.45) is -0.0403. The maximum atomic E-state index is 12.6. The Morgan fingerprint density at radius 1 is 0.773 bits per heavy atom. The highest BCUT2D eigenvalue weighted by molar-refractivity contribution is 5.85. The molecule has 9 nitrogen and oxygen atoms in total. The van der Waals surface area contributed by atoms with Crippen LogP contribution in [0.3, 0.4) is 0 Å². The molecule has 2 atom stereocenters. The van der Waals surface area contributed by atoms with Crippen LogP contribution in [0.4, 0.5) is 9.59 Å². The lowest BCUT2D eigenvalue weighted by atomic mass is 10.3. The minimum absolute atomic E-state index is 0.105. The number of hydrogen-bond donors (Lipinski definition) is 0. The van der Waals surface area contributed by atoms with E-state index >= 15 is 0 Å². The highest BCUT2D eigenvalue weighted by Crippen LogP contribution is 2.34. The molecular weight excluding hydrogens is 292 g/mol. The lowest BCUT2D eigenvalue weighted by molar-refractivity contribution is -0.00462. The smallest absolute Gasteiger partial charge is 0.327 e. The number of urea groups is 2. The van der Waals surface area contributed by atoms with Gasteiger partial charge in [0.1, 0.15) is 20.2 Å². The highest BCUT2D eigenvalue weighted by Gasteiger charge is 2.58. The standard InChI is InChI=1S/C13H24N4O5/c1-5-6-14-10-11(16(8-21-3)12(14)18)17(9-22-4)13(19)15(10)7-20-2/h10-11H,5-9H2,1-4H3. The summed E-state index contributed by atoms with van der Waals surface area (Å²) in [6.45, 7) is 2.90. The van der Waals surface area contributed by atoms with Crippen molar-refractivity contribution in [2.45, 2.75) is 25.7 Å². The van der Waals surface area contributed by atoms with Gasteiger partial charge in [-0.25, -0.2) is 9.59 Å². The molecule has 2 fully saturated rings. The molecule has 2 aliphatic rings. The number of ether oxygens (including phenoxy) is 3. The molecule has 2 saturated heterocycles. The Morgan fingerprint density at radius 2 is 1.14 bits per heavy atom. The summed E-state index contributed by atoms with van der Waals surface area (Å²) >= 11 is 0. The number of fused-ring (bicyclic) bond motifs is 1. The van der Waals surface area contributed by atoms with Crippen molar-refractivity contribution in [1.82, 2.24) is 19.6 Å². The van der Waals surface area contributed by atoms with Crippen molar-refractivity contribution in [2.75, 3.05) is 48.1 Å². The van der Waals surface area contributed by atoms with Crippen LogP contribution < -0.4 is 0 Å². The van der Waals surface area contributed by atoms with Crippen LogP contribution in [0.15, 0.2) is 0 Å². The van der Waals surface area contributed by atoms with Crippen LogP contribution in [0.1, 0.15) is 13.3 Å². The maximum Gasteiger partial charge on any atom is 0.327 e. The van der Waals surface area contributed by atoms with Crippen molar-refractivity contribution < 1.29 is 23.8 Å². The first kappa shape index (κ1) is 16.8.